The van der Waals surface area contributed by atoms with Crippen LogP contribution in [-0.4, -0.2) is 19.6 Å². The largest absolute Gasteiger partial charge is 1.00 e. The van der Waals surface area contributed by atoms with E-state index >= 15 is 0 Å². The third-order valence-electron chi connectivity index (χ3n) is 3.87. The molecule has 0 amide bonds. The van der Waals surface area contributed by atoms with Crippen LogP contribution in [0.2, 0.25) is 0 Å². The minimum Gasteiger partial charge on any atom is -0.726 e. The van der Waals surface area contributed by atoms with Crippen LogP contribution in [0.25, 0.3) is 0 Å². The van der Waals surface area contributed by atoms with Gasteiger partial charge in [-0.3, -0.25) is 4.18 Å². The molecule has 0 saturated heterocycles. The second kappa shape index (κ2) is 13.1. The molecule has 9 heteroatoms. The van der Waals surface area contributed by atoms with E-state index in [1.54, 1.807) is 0 Å². The van der Waals surface area contributed by atoms with E-state index in [1.807, 2.05) is 0 Å². The number of hydrogen-bond donors (Lipinski definition) is 0. The van der Waals surface area contributed by atoms with Crippen molar-refractivity contribution in [2.24, 2.45) is 0 Å². The predicted octanol–water partition coefficient (Wildman–Crippen LogP) is 1.85. The Balaban J connectivity index is 0.00000625. The molecule has 0 aliphatic rings. The molecule has 144 valence electrons. The minimum atomic E-state index is -4.57. The molecule has 0 spiro atoms. The standard InChI is InChI=1S/C17H25F3O4S.Na/c18-17(19,20)16-12-10-15(11-13-16)9-7-5-3-1-2-4-6-8-14-24-25(21,22)23;/h10-13H,1-9,14H2,(H,21,22,23);/q;+1/p-1. The summed E-state index contributed by atoms with van der Waals surface area (Å²) in [4.78, 5) is 0. The average Bonchev–Trinajstić information content (AvgIpc) is 2.51. The van der Waals surface area contributed by atoms with Gasteiger partial charge >= 0.3 is 35.7 Å². The number of unbranched alkanes of at least 4 members (excludes halogenated alkanes) is 7. The maximum Gasteiger partial charge on any atom is 1.00 e. The van der Waals surface area contributed by atoms with Crippen molar-refractivity contribution < 1.29 is 59.9 Å². The van der Waals surface area contributed by atoms with Crippen LogP contribution in [0.15, 0.2) is 24.3 Å². The Morgan fingerprint density at radius 2 is 1.31 bits per heavy atom. The third kappa shape index (κ3) is 13.1. The maximum absolute atomic E-state index is 12.4. The van der Waals surface area contributed by atoms with Crippen molar-refractivity contribution in [1.82, 2.24) is 0 Å². The van der Waals surface area contributed by atoms with Gasteiger partial charge in [-0.15, -0.1) is 0 Å². The summed E-state index contributed by atoms with van der Waals surface area (Å²) in [7, 11) is -4.57. The first-order valence-corrected chi connectivity index (χ1v) is 9.78. The fraction of sp³-hybridized carbons (Fsp3) is 0.647. The summed E-state index contributed by atoms with van der Waals surface area (Å²) in [5.41, 5.74) is 0.302. The summed E-state index contributed by atoms with van der Waals surface area (Å²) in [5, 5.41) is 0. The SMILES string of the molecule is O=S(=O)([O-])OCCCCCCCCCCc1ccc(C(F)(F)F)cc1.[Na+]. The van der Waals surface area contributed by atoms with Gasteiger partial charge in [0, 0.05) is 0 Å². The summed E-state index contributed by atoms with van der Waals surface area (Å²) < 4.78 is 72.1. The van der Waals surface area contributed by atoms with E-state index in [0.29, 0.717) is 6.42 Å². The molecule has 0 N–H and O–H groups in total. The van der Waals surface area contributed by atoms with Crippen LogP contribution in [0.4, 0.5) is 13.2 Å². The van der Waals surface area contributed by atoms with Gasteiger partial charge in [0.1, 0.15) is 0 Å². The molecule has 0 aromatic heterocycles. The fourth-order valence-corrected chi connectivity index (χ4v) is 2.84. The molecule has 0 radical (unpaired) electrons. The number of benzene rings is 1. The van der Waals surface area contributed by atoms with E-state index < -0.39 is 22.1 Å². The smallest absolute Gasteiger partial charge is 0.726 e. The van der Waals surface area contributed by atoms with E-state index in [4.69, 9.17) is 0 Å². The summed E-state index contributed by atoms with van der Waals surface area (Å²) in [6.45, 7) is -0.0566. The van der Waals surface area contributed by atoms with E-state index in [0.717, 1.165) is 69.1 Å². The van der Waals surface area contributed by atoms with Crippen molar-refractivity contribution >= 4 is 10.4 Å². The van der Waals surface area contributed by atoms with Gasteiger partial charge in [0.15, 0.2) is 0 Å². The van der Waals surface area contributed by atoms with E-state index in [1.165, 1.54) is 12.1 Å². The Hall–Kier alpha value is -0.120. The Bertz CT molecular complexity index is 589. The third-order valence-corrected chi connectivity index (χ3v) is 4.32. The van der Waals surface area contributed by atoms with Gasteiger partial charge in [0.2, 0.25) is 10.4 Å². The summed E-state index contributed by atoms with van der Waals surface area (Å²) in [6, 6.07) is 5.31. The Morgan fingerprint density at radius 1 is 0.846 bits per heavy atom. The molecule has 1 aromatic carbocycles. The van der Waals surface area contributed by atoms with Crippen LogP contribution in [0.5, 0.6) is 0 Å². The number of hydrogen-bond acceptors (Lipinski definition) is 4. The van der Waals surface area contributed by atoms with E-state index in [2.05, 4.69) is 4.18 Å². The first-order chi connectivity index (χ1) is 11.7. The molecule has 0 unspecified atom stereocenters. The molecule has 0 bridgehead atoms. The second-order valence-electron chi connectivity index (χ2n) is 6.00. The van der Waals surface area contributed by atoms with Crippen molar-refractivity contribution in [1.29, 1.82) is 0 Å². The molecule has 0 heterocycles. The van der Waals surface area contributed by atoms with Crippen molar-refractivity contribution in [2.75, 3.05) is 6.61 Å². The van der Waals surface area contributed by atoms with Gasteiger partial charge in [-0.05, 0) is 37.0 Å². The Morgan fingerprint density at radius 3 is 1.77 bits per heavy atom. The predicted molar refractivity (Wildman–Crippen MR) is 87.7 cm³/mol. The van der Waals surface area contributed by atoms with Crippen LogP contribution in [0.1, 0.15) is 62.5 Å². The van der Waals surface area contributed by atoms with Gasteiger partial charge < -0.3 is 4.55 Å². The van der Waals surface area contributed by atoms with Gasteiger partial charge in [0.05, 0.1) is 12.2 Å². The first kappa shape index (κ1) is 25.9. The molecule has 0 fully saturated rings. The zero-order chi connectivity index (χ0) is 18.8. The van der Waals surface area contributed by atoms with E-state index in [-0.39, 0.29) is 36.2 Å². The quantitative estimate of drug-likeness (QED) is 0.231. The molecule has 1 aromatic rings. The zero-order valence-electron chi connectivity index (χ0n) is 15.1. The first-order valence-electron chi connectivity index (χ1n) is 8.45. The van der Waals surface area contributed by atoms with Gasteiger partial charge in [-0.2, -0.15) is 13.2 Å². The number of alkyl halides is 3. The van der Waals surface area contributed by atoms with E-state index in [9.17, 15) is 26.1 Å². The zero-order valence-corrected chi connectivity index (χ0v) is 17.9. The average molecular weight is 404 g/mol. The van der Waals surface area contributed by atoms with Gasteiger partial charge in [-0.25, -0.2) is 8.42 Å². The summed E-state index contributed by atoms with van der Waals surface area (Å²) >= 11 is 0. The van der Waals surface area contributed by atoms with Crippen molar-refractivity contribution in [2.45, 2.75) is 64.0 Å². The van der Waals surface area contributed by atoms with Crippen molar-refractivity contribution in [3.63, 3.8) is 0 Å². The molecule has 26 heavy (non-hydrogen) atoms. The van der Waals surface area contributed by atoms with Crippen LogP contribution >= 0.6 is 0 Å². The van der Waals surface area contributed by atoms with Crippen molar-refractivity contribution in [3.8, 4) is 0 Å². The van der Waals surface area contributed by atoms with Crippen LogP contribution in [0, 0.1) is 0 Å². The van der Waals surface area contributed by atoms with Crippen LogP contribution in [0.3, 0.4) is 0 Å². The fourth-order valence-electron chi connectivity index (χ4n) is 2.51. The number of rotatable bonds is 12. The summed E-state index contributed by atoms with van der Waals surface area (Å²) in [6.07, 6.45) is 3.95. The van der Waals surface area contributed by atoms with Crippen LogP contribution in [-0.2, 0) is 27.2 Å². The number of aryl methyl sites for hydroxylation is 1. The normalized spacial score (nSPS) is 12.0. The molecular formula is C17H24F3NaO4S. The van der Waals surface area contributed by atoms with Crippen LogP contribution < -0.4 is 29.6 Å². The van der Waals surface area contributed by atoms with Crippen molar-refractivity contribution in [3.05, 3.63) is 35.4 Å². The second-order valence-corrected chi connectivity index (χ2v) is 7.06. The molecular weight excluding hydrogens is 380 g/mol. The minimum absolute atomic E-state index is 0. The molecule has 0 saturated carbocycles. The Labute approximate surface area is 175 Å². The number of halogens is 3. The molecule has 1 rings (SSSR count). The van der Waals surface area contributed by atoms with Gasteiger partial charge in [-0.1, -0.05) is 50.7 Å². The van der Waals surface area contributed by atoms with Gasteiger partial charge in [0.25, 0.3) is 0 Å². The summed E-state index contributed by atoms with van der Waals surface area (Å²) in [5.74, 6) is 0. The Kier molecular flexibility index (Phi) is 13.1. The molecule has 4 nitrogen and oxygen atoms in total. The molecule has 0 aliphatic heterocycles. The monoisotopic (exact) mass is 404 g/mol. The maximum atomic E-state index is 12.4. The molecule has 0 atom stereocenters. The topological polar surface area (TPSA) is 66.4 Å². The molecule has 0 aliphatic carbocycles.